The van der Waals surface area contributed by atoms with E-state index in [4.69, 9.17) is 5.73 Å². The largest absolute Gasteiger partial charge is 0.394 e. The summed E-state index contributed by atoms with van der Waals surface area (Å²) >= 11 is 0. The van der Waals surface area contributed by atoms with Gasteiger partial charge in [-0.25, -0.2) is 8.78 Å². The molecule has 0 aliphatic heterocycles. The lowest BCUT2D eigenvalue weighted by Crippen LogP contribution is -1.96. The van der Waals surface area contributed by atoms with Crippen molar-refractivity contribution in [2.75, 3.05) is 5.73 Å². The van der Waals surface area contributed by atoms with Crippen LogP contribution in [0.1, 0.15) is 0 Å². The average molecular weight is 259 g/mol. The predicted octanol–water partition coefficient (Wildman–Crippen LogP) is 3.10. The summed E-state index contributed by atoms with van der Waals surface area (Å²) in [5.41, 5.74) is 6.77. The third-order valence-electron chi connectivity index (χ3n) is 3.05. The number of hydrogen-bond acceptors (Lipinski definition) is 2. The van der Waals surface area contributed by atoms with Crippen LogP contribution in [0.3, 0.4) is 0 Å². The van der Waals surface area contributed by atoms with Crippen LogP contribution in [0.5, 0.6) is 0 Å². The molecule has 0 radical (unpaired) electrons. The normalized spacial score (nSPS) is 11.1. The van der Waals surface area contributed by atoms with Crippen LogP contribution in [0.25, 0.3) is 22.0 Å². The van der Waals surface area contributed by atoms with Gasteiger partial charge in [-0.1, -0.05) is 12.1 Å². The molecule has 0 bridgehead atoms. The van der Waals surface area contributed by atoms with Gasteiger partial charge in [0, 0.05) is 18.6 Å². The molecule has 0 saturated carbocycles. The summed E-state index contributed by atoms with van der Waals surface area (Å²) in [6, 6.07) is 7.93. The lowest BCUT2D eigenvalue weighted by molar-refractivity contribution is 0.592. The van der Waals surface area contributed by atoms with Crippen LogP contribution in [-0.4, -0.2) is 9.78 Å². The van der Waals surface area contributed by atoms with Gasteiger partial charge in [0.05, 0.1) is 5.52 Å². The van der Waals surface area contributed by atoms with E-state index in [1.54, 1.807) is 23.9 Å². The van der Waals surface area contributed by atoms with E-state index in [0.29, 0.717) is 5.56 Å². The maximum absolute atomic E-state index is 13.5. The van der Waals surface area contributed by atoms with Gasteiger partial charge in [-0.05, 0) is 29.3 Å². The SMILES string of the molecule is Cn1cc2c(-c3cc(F)c(N)c(F)c3)cccc2n1. The highest BCUT2D eigenvalue weighted by molar-refractivity contribution is 5.94. The molecule has 0 aliphatic carbocycles. The molecule has 2 aromatic carbocycles. The second-order valence-electron chi connectivity index (χ2n) is 4.39. The molecule has 1 heterocycles. The molecule has 0 spiro atoms. The Bertz CT molecular complexity index is 754. The van der Waals surface area contributed by atoms with Crippen molar-refractivity contribution in [2.45, 2.75) is 0 Å². The Kier molecular flexibility index (Phi) is 2.48. The van der Waals surface area contributed by atoms with Crippen molar-refractivity contribution in [3.05, 3.63) is 48.2 Å². The van der Waals surface area contributed by atoms with E-state index in [1.165, 1.54) is 12.1 Å². The summed E-state index contributed by atoms with van der Waals surface area (Å²) in [5.74, 6) is -1.51. The molecule has 3 aromatic rings. The Morgan fingerprint density at radius 1 is 1.16 bits per heavy atom. The maximum atomic E-state index is 13.5. The van der Waals surface area contributed by atoms with Gasteiger partial charge in [-0.2, -0.15) is 5.10 Å². The molecule has 2 N–H and O–H groups in total. The second-order valence-corrected chi connectivity index (χ2v) is 4.39. The van der Waals surface area contributed by atoms with Crippen molar-refractivity contribution >= 4 is 16.6 Å². The summed E-state index contributed by atoms with van der Waals surface area (Å²) in [6.45, 7) is 0. The number of hydrogen-bond donors (Lipinski definition) is 1. The van der Waals surface area contributed by atoms with E-state index in [9.17, 15) is 8.78 Å². The number of aromatic nitrogens is 2. The average Bonchev–Trinajstić information content (AvgIpc) is 2.75. The van der Waals surface area contributed by atoms with Crippen molar-refractivity contribution in [1.82, 2.24) is 9.78 Å². The highest BCUT2D eigenvalue weighted by atomic mass is 19.1. The van der Waals surface area contributed by atoms with Crippen LogP contribution in [0, 0.1) is 11.6 Å². The molecule has 1 aromatic heterocycles. The first-order valence-electron chi connectivity index (χ1n) is 5.73. The van der Waals surface area contributed by atoms with E-state index in [0.717, 1.165) is 16.5 Å². The van der Waals surface area contributed by atoms with E-state index in [-0.39, 0.29) is 0 Å². The van der Waals surface area contributed by atoms with E-state index >= 15 is 0 Å². The van der Waals surface area contributed by atoms with Gasteiger partial charge in [-0.15, -0.1) is 0 Å². The Morgan fingerprint density at radius 2 is 1.84 bits per heavy atom. The third-order valence-corrected chi connectivity index (χ3v) is 3.05. The summed E-state index contributed by atoms with van der Waals surface area (Å²) in [7, 11) is 1.80. The van der Waals surface area contributed by atoms with Gasteiger partial charge in [0.2, 0.25) is 0 Å². The summed E-state index contributed by atoms with van der Waals surface area (Å²) in [5, 5.41) is 5.11. The number of anilines is 1. The minimum atomic E-state index is -0.754. The Hall–Kier alpha value is -2.43. The lowest BCUT2D eigenvalue weighted by atomic mass is 10.0. The number of fused-ring (bicyclic) bond motifs is 1. The molecular weight excluding hydrogens is 248 g/mol. The van der Waals surface area contributed by atoms with Gasteiger partial charge in [0.1, 0.15) is 17.3 Å². The highest BCUT2D eigenvalue weighted by Crippen LogP contribution is 2.30. The van der Waals surface area contributed by atoms with Crippen LogP contribution in [0.2, 0.25) is 0 Å². The summed E-state index contributed by atoms with van der Waals surface area (Å²) < 4.78 is 28.8. The van der Waals surface area contributed by atoms with Crippen molar-refractivity contribution in [2.24, 2.45) is 7.05 Å². The lowest BCUT2D eigenvalue weighted by Gasteiger charge is -2.06. The molecule has 0 fully saturated rings. The van der Waals surface area contributed by atoms with E-state index in [1.807, 2.05) is 12.3 Å². The molecular formula is C14H11F2N3. The molecule has 5 heteroatoms. The van der Waals surface area contributed by atoms with Crippen molar-refractivity contribution < 1.29 is 8.78 Å². The minimum Gasteiger partial charge on any atom is -0.394 e. The molecule has 0 amide bonds. The molecule has 19 heavy (non-hydrogen) atoms. The third kappa shape index (κ3) is 1.83. The number of nitrogens with zero attached hydrogens (tertiary/aromatic N) is 2. The zero-order valence-electron chi connectivity index (χ0n) is 10.2. The standard InChI is InChI=1S/C14H11F2N3/c1-19-7-10-9(3-2-4-13(10)18-19)8-5-11(15)14(17)12(16)6-8/h2-7H,17H2,1H3. The van der Waals surface area contributed by atoms with E-state index < -0.39 is 17.3 Å². The van der Waals surface area contributed by atoms with Crippen LogP contribution in [0.4, 0.5) is 14.5 Å². The quantitative estimate of drug-likeness (QED) is 0.682. The van der Waals surface area contributed by atoms with Crippen LogP contribution in [0.15, 0.2) is 36.5 Å². The molecule has 0 aliphatic rings. The molecule has 3 rings (SSSR count). The molecule has 0 saturated heterocycles. The first kappa shape index (κ1) is 11.6. The fourth-order valence-electron chi connectivity index (χ4n) is 2.15. The minimum absolute atomic E-state index is 0.447. The zero-order chi connectivity index (χ0) is 13.6. The smallest absolute Gasteiger partial charge is 0.149 e. The molecule has 0 atom stereocenters. The Balaban J connectivity index is 2.30. The highest BCUT2D eigenvalue weighted by Gasteiger charge is 2.12. The Morgan fingerprint density at radius 3 is 2.53 bits per heavy atom. The first-order valence-corrected chi connectivity index (χ1v) is 5.73. The number of nitrogens with two attached hydrogens (primary N) is 1. The van der Waals surface area contributed by atoms with E-state index in [2.05, 4.69) is 5.10 Å². The zero-order valence-corrected chi connectivity index (χ0v) is 10.2. The summed E-state index contributed by atoms with van der Waals surface area (Å²) in [6.07, 6.45) is 1.82. The van der Waals surface area contributed by atoms with Gasteiger partial charge < -0.3 is 5.73 Å². The van der Waals surface area contributed by atoms with Gasteiger partial charge in [-0.3, -0.25) is 4.68 Å². The fourth-order valence-corrected chi connectivity index (χ4v) is 2.15. The topological polar surface area (TPSA) is 43.8 Å². The van der Waals surface area contributed by atoms with Crippen LogP contribution in [-0.2, 0) is 7.05 Å². The van der Waals surface area contributed by atoms with Crippen molar-refractivity contribution in [3.8, 4) is 11.1 Å². The number of rotatable bonds is 1. The van der Waals surface area contributed by atoms with Crippen LogP contribution >= 0.6 is 0 Å². The summed E-state index contributed by atoms with van der Waals surface area (Å²) in [4.78, 5) is 0. The second kappa shape index (κ2) is 4.05. The van der Waals surface area contributed by atoms with Crippen molar-refractivity contribution in [3.63, 3.8) is 0 Å². The first-order chi connectivity index (χ1) is 9.06. The maximum Gasteiger partial charge on any atom is 0.149 e. The van der Waals surface area contributed by atoms with Gasteiger partial charge >= 0.3 is 0 Å². The number of nitrogen functional groups attached to an aromatic ring is 1. The number of benzene rings is 2. The molecule has 0 unspecified atom stereocenters. The molecule has 96 valence electrons. The number of halogens is 2. The predicted molar refractivity (Wildman–Crippen MR) is 70.5 cm³/mol. The fraction of sp³-hybridized carbons (Fsp3) is 0.0714. The van der Waals surface area contributed by atoms with Gasteiger partial charge in [0.15, 0.2) is 0 Å². The monoisotopic (exact) mass is 259 g/mol. The molecule has 3 nitrogen and oxygen atoms in total. The van der Waals surface area contributed by atoms with Gasteiger partial charge in [0.25, 0.3) is 0 Å². The Labute approximate surface area is 108 Å². The van der Waals surface area contributed by atoms with Crippen LogP contribution < -0.4 is 5.73 Å². The number of aryl methyl sites for hydroxylation is 1. The van der Waals surface area contributed by atoms with Crippen molar-refractivity contribution in [1.29, 1.82) is 0 Å².